The lowest BCUT2D eigenvalue weighted by atomic mass is 9.88. The highest BCUT2D eigenvalue weighted by Crippen LogP contribution is 2.52. The van der Waals surface area contributed by atoms with Gasteiger partial charge < -0.3 is 0 Å². The van der Waals surface area contributed by atoms with Crippen LogP contribution in [0.4, 0.5) is 0 Å². The molecule has 0 saturated heterocycles. The third kappa shape index (κ3) is 6.20. The van der Waals surface area contributed by atoms with E-state index in [-0.39, 0.29) is 11.8 Å². The van der Waals surface area contributed by atoms with Gasteiger partial charge in [0.25, 0.3) is 0 Å². The number of hydrogen-bond acceptors (Lipinski definition) is 0. The van der Waals surface area contributed by atoms with Crippen LogP contribution in [0.5, 0.6) is 0 Å². The van der Waals surface area contributed by atoms with E-state index in [2.05, 4.69) is 198 Å². The number of fused-ring (bicyclic) bond motifs is 9. The molecule has 3 aliphatic rings. The minimum Gasteiger partial charge on any atom is -0.0625 e. The number of benzene rings is 8. The molecule has 0 saturated carbocycles. The van der Waals surface area contributed by atoms with Crippen LogP contribution in [-0.4, -0.2) is 0 Å². The van der Waals surface area contributed by atoms with Gasteiger partial charge in [0.15, 0.2) is 0 Å². The van der Waals surface area contributed by atoms with Gasteiger partial charge in [-0.1, -0.05) is 173 Å². The molecule has 59 heavy (non-hydrogen) atoms. The van der Waals surface area contributed by atoms with Crippen LogP contribution in [-0.2, 0) is 19.3 Å². The van der Waals surface area contributed by atoms with E-state index >= 15 is 0 Å². The van der Waals surface area contributed by atoms with E-state index in [4.69, 9.17) is 0 Å². The average molecular weight is 759 g/mol. The summed E-state index contributed by atoms with van der Waals surface area (Å²) >= 11 is 0. The molecule has 0 aliphatic heterocycles. The van der Waals surface area contributed by atoms with E-state index < -0.39 is 0 Å². The summed E-state index contributed by atoms with van der Waals surface area (Å²) in [5.74, 6) is 1.75. The Labute approximate surface area is 350 Å². The van der Waals surface area contributed by atoms with Gasteiger partial charge in [-0.25, -0.2) is 0 Å². The van der Waals surface area contributed by atoms with Crippen LogP contribution in [0, 0.1) is 11.8 Å². The van der Waals surface area contributed by atoms with E-state index in [0.717, 1.165) is 19.3 Å². The summed E-state index contributed by atoms with van der Waals surface area (Å²) in [5, 5.41) is 0. The first-order valence-electron chi connectivity index (χ1n) is 21.8. The molecule has 286 valence electrons. The topological polar surface area (TPSA) is 0 Å². The Kier molecular flexibility index (Phi) is 8.66. The van der Waals surface area contributed by atoms with Crippen molar-refractivity contribution in [1.82, 2.24) is 0 Å². The van der Waals surface area contributed by atoms with Gasteiger partial charge in [-0.15, -0.1) is 0 Å². The molecule has 0 radical (unpaired) electrons. The maximum Gasteiger partial charge on any atom is 0.0352 e. The molecule has 0 heteroatoms. The quantitative estimate of drug-likeness (QED) is 0.145. The van der Waals surface area contributed by atoms with Gasteiger partial charge in [0.2, 0.25) is 0 Å². The molecule has 0 N–H and O–H groups in total. The predicted molar refractivity (Wildman–Crippen MR) is 248 cm³/mol. The minimum atomic E-state index is 0.257. The Morgan fingerprint density at radius 2 is 0.695 bits per heavy atom. The molecule has 8 aromatic carbocycles. The van der Waals surface area contributed by atoms with Crippen molar-refractivity contribution < 1.29 is 0 Å². The summed E-state index contributed by atoms with van der Waals surface area (Å²) in [7, 11) is 0. The molecule has 2 unspecified atom stereocenters. The zero-order chi connectivity index (χ0) is 39.8. The third-order valence-electron chi connectivity index (χ3n) is 13.3. The Balaban J connectivity index is 0.969. The first-order chi connectivity index (χ1) is 28.9. The Morgan fingerprint density at radius 1 is 0.356 bits per heavy atom. The molecule has 0 bridgehead atoms. The van der Waals surface area contributed by atoms with E-state index in [9.17, 15) is 0 Å². The molecule has 0 fully saturated rings. The van der Waals surface area contributed by atoms with Crippen molar-refractivity contribution in [2.24, 2.45) is 11.8 Å². The highest BCUT2D eigenvalue weighted by atomic mass is 14.4. The highest BCUT2D eigenvalue weighted by Gasteiger charge is 2.32. The van der Waals surface area contributed by atoms with E-state index in [0.29, 0.717) is 11.8 Å². The predicted octanol–water partition coefficient (Wildman–Crippen LogP) is 15.3. The molecule has 0 aromatic heterocycles. The number of hydrogen-bond donors (Lipinski definition) is 0. The second-order valence-electron chi connectivity index (χ2n) is 18.3. The van der Waals surface area contributed by atoms with Gasteiger partial charge in [-0.05, 0) is 167 Å². The molecule has 0 spiro atoms. The van der Waals surface area contributed by atoms with E-state index in [1.807, 2.05) is 0 Å². The molecule has 8 aromatic rings. The SMILES string of the molecule is CC(C)Cc1ccc2c(c1)-c1cc(-c3ccc4c(c3)-c3cc(-c5ccc6c(c5)-c5cc(CC(C)C)ccc5C6c5ccccc5)ccc3C4)ccc1C2c1ccccc1. The summed E-state index contributed by atoms with van der Waals surface area (Å²) in [6.07, 6.45) is 3.17. The molecule has 3 aliphatic carbocycles. The summed E-state index contributed by atoms with van der Waals surface area (Å²) in [5.41, 5.74) is 27.5. The van der Waals surface area contributed by atoms with Crippen LogP contribution >= 0.6 is 0 Å². The fraction of sp³-hybridized carbons (Fsp3) is 0.186. The standard InChI is InChI=1S/C59H50/c1-36(2)27-38-15-23-48-54(29-38)56-34-44(21-25-50(56)58(48)40-11-7-5-8-12-40)42-17-19-46-31-47-20-18-43(33-53(47)52(46)32-42)45-22-26-51-57(35-45)55-30-39(28-37(3)4)16-24-49(55)59(51)41-13-9-6-10-14-41/h5-26,29-30,32-37,58-59H,27-28,31H2,1-4H3. The smallest absolute Gasteiger partial charge is 0.0352 e. The average Bonchev–Trinajstić information content (AvgIpc) is 3.90. The molecular formula is C59H50. The Hall–Kier alpha value is -6.24. The van der Waals surface area contributed by atoms with Crippen LogP contribution < -0.4 is 0 Å². The van der Waals surface area contributed by atoms with Crippen molar-refractivity contribution in [3.8, 4) is 55.6 Å². The lowest BCUT2D eigenvalue weighted by Crippen LogP contribution is -1.99. The van der Waals surface area contributed by atoms with Crippen molar-refractivity contribution >= 4 is 0 Å². The van der Waals surface area contributed by atoms with Gasteiger partial charge in [-0.2, -0.15) is 0 Å². The third-order valence-corrected chi connectivity index (χ3v) is 13.3. The van der Waals surface area contributed by atoms with Gasteiger partial charge in [0, 0.05) is 11.8 Å². The van der Waals surface area contributed by atoms with Crippen molar-refractivity contribution in [3.05, 3.63) is 225 Å². The van der Waals surface area contributed by atoms with Gasteiger partial charge in [-0.3, -0.25) is 0 Å². The van der Waals surface area contributed by atoms with Crippen LogP contribution in [0.2, 0.25) is 0 Å². The van der Waals surface area contributed by atoms with Crippen molar-refractivity contribution in [2.75, 3.05) is 0 Å². The van der Waals surface area contributed by atoms with Crippen molar-refractivity contribution in [2.45, 2.75) is 58.8 Å². The summed E-state index contributed by atoms with van der Waals surface area (Å²) < 4.78 is 0. The fourth-order valence-electron chi connectivity index (χ4n) is 10.7. The molecule has 0 amide bonds. The van der Waals surface area contributed by atoms with Gasteiger partial charge in [0.1, 0.15) is 0 Å². The summed E-state index contributed by atoms with van der Waals surface area (Å²) in [6.45, 7) is 9.26. The zero-order valence-corrected chi connectivity index (χ0v) is 34.6. The lowest BCUT2D eigenvalue weighted by molar-refractivity contribution is 0.647. The van der Waals surface area contributed by atoms with Crippen LogP contribution in [0.1, 0.15) is 95.2 Å². The maximum absolute atomic E-state index is 2.48. The first-order valence-corrected chi connectivity index (χ1v) is 21.8. The Morgan fingerprint density at radius 3 is 1.08 bits per heavy atom. The van der Waals surface area contributed by atoms with Crippen LogP contribution in [0.3, 0.4) is 0 Å². The maximum atomic E-state index is 2.48. The number of rotatable bonds is 8. The molecule has 0 heterocycles. The Bertz CT molecular complexity index is 2710. The minimum absolute atomic E-state index is 0.257. The van der Waals surface area contributed by atoms with Gasteiger partial charge in [0.05, 0.1) is 0 Å². The lowest BCUT2D eigenvalue weighted by Gasteiger charge is -2.15. The summed E-state index contributed by atoms with van der Waals surface area (Å²) in [6, 6.07) is 65.5. The van der Waals surface area contributed by atoms with E-state index in [1.165, 1.54) is 111 Å². The van der Waals surface area contributed by atoms with Crippen molar-refractivity contribution in [3.63, 3.8) is 0 Å². The highest BCUT2D eigenvalue weighted by molar-refractivity contribution is 5.90. The largest absolute Gasteiger partial charge is 0.0625 e. The normalized spacial score (nSPS) is 15.5. The zero-order valence-electron chi connectivity index (χ0n) is 34.6. The summed E-state index contributed by atoms with van der Waals surface area (Å²) in [4.78, 5) is 0. The second-order valence-corrected chi connectivity index (χ2v) is 18.3. The monoisotopic (exact) mass is 758 g/mol. The first kappa shape index (κ1) is 35.9. The molecule has 11 rings (SSSR count). The molecular weight excluding hydrogens is 709 g/mol. The van der Waals surface area contributed by atoms with Crippen LogP contribution in [0.15, 0.2) is 170 Å². The van der Waals surface area contributed by atoms with Gasteiger partial charge >= 0.3 is 0 Å². The second kappa shape index (κ2) is 14.2. The van der Waals surface area contributed by atoms with Crippen LogP contribution in [0.25, 0.3) is 55.6 Å². The fourth-order valence-corrected chi connectivity index (χ4v) is 10.7. The molecule has 0 nitrogen and oxygen atoms in total. The molecule has 2 atom stereocenters. The van der Waals surface area contributed by atoms with Crippen molar-refractivity contribution in [1.29, 1.82) is 0 Å². The van der Waals surface area contributed by atoms with E-state index in [1.54, 1.807) is 0 Å².